The number of aromatic nitrogens is 5. The first-order chi connectivity index (χ1) is 17.0. The molecule has 4 aromatic rings. The normalized spacial score (nSPS) is 16.6. The Hall–Kier alpha value is -3.51. The SMILES string of the molecule is Cn1cc([C@@H]2CN(c3cc4c(=O)n(C)c(C(F)(F)F)nc4c(-c4ccc(Cl)cc4F)n3)CCO2)cn1. The van der Waals surface area contributed by atoms with Crippen LogP contribution in [0.3, 0.4) is 0 Å². The third-order valence-electron chi connectivity index (χ3n) is 5.98. The van der Waals surface area contributed by atoms with E-state index in [1.807, 2.05) is 11.1 Å². The van der Waals surface area contributed by atoms with Crippen molar-refractivity contribution >= 4 is 28.3 Å². The molecule has 0 unspecified atom stereocenters. The smallest absolute Gasteiger partial charge is 0.370 e. The molecule has 0 radical (unpaired) electrons. The average molecular weight is 523 g/mol. The number of ether oxygens (including phenoxy) is 1. The molecule has 13 heteroatoms. The average Bonchev–Trinajstić information content (AvgIpc) is 3.26. The molecule has 8 nitrogen and oxygen atoms in total. The molecule has 1 aliphatic rings. The Morgan fingerprint density at radius 2 is 1.94 bits per heavy atom. The number of nitrogens with zero attached hydrogens (tertiary/aromatic N) is 6. The highest BCUT2D eigenvalue weighted by atomic mass is 35.5. The lowest BCUT2D eigenvalue weighted by molar-refractivity contribution is -0.147. The fraction of sp³-hybridized carbons (Fsp3) is 0.304. The van der Waals surface area contributed by atoms with E-state index in [0.29, 0.717) is 24.3 Å². The van der Waals surface area contributed by atoms with Gasteiger partial charge < -0.3 is 9.64 Å². The highest BCUT2D eigenvalue weighted by molar-refractivity contribution is 6.30. The van der Waals surface area contributed by atoms with Crippen molar-refractivity contribution in [1.82, 2.24) is 24.3 Å². The number of benzene rings is 1. The summed E-state index contributed by atoms with van der Waals surface area (Å²) in [6.45, 7) is 1.06. The molecule has 188 valence electrons. The molecule has 1 fully saturated rings. The fourth-order valence-corrected chi connectivity index (χ4v) is 4.37. The molecule has 5 rings (SSSR count). The van der Waals surface area contributed by atoms with Gasteiger partial charge in [0.1, 0.15) is 28.9 Å². The van der Waals surface area contributed by atoms with Gasteiger partial charge >= 0.3 is 6.18 Å². The van der Waals surface area contributed by atoms with Crippen LogP contribution in [0.25, 0.3) is 22.2 Å². The van der Waals surface area contributed by atoms with Crippen molar-refractivity contribution in [3.05, 3.63) is 69.2 Å². The van der Waals surface area contributed by atoms with Gasteiger partial charge in [0.05, 0.1) is 18.2 Å². The highest BCUT2D eigenvalue weighted by Crippen LogP contribution is 2.35. The van der Waals surface area contributed by atoms with Gasteiger partial charge in [-0.15, -0.1) is 0 Å². The van der Waals surface area contributed by atoms with E-state index >= 15 is 0 Å². The lowest BCUT2D eigenvalue weighted by atomic mass is 10.1. The maximum absolute atomic E-state index is 14.9. The standard InChI is InChI=1S/C23H19ClF4N6O2/c1-32-10-12(9-29-32)17-11-34(5-6-36-17)18-8-15-20(31-22(23(26,27)28)33(2)21(15)35)19(30-18)14-4-3-13(24)7-16(14)25/h3-4,7-10,17H,5-6,11H2,1-2H3/t17-/m0/s1. The molecule has 0 bridgehead atoms. The van der Waals surface area contributed by atoms with Crippen LogP contribution in [0.5, 0.6) is 0 Å². The Bertz CT molecular complexity index is 1530. The molecule has 1 aromatic carbocycles. The largest absolute Gasteiger partial charge is 0.449 e. The summed E-state index contributed by atoms with van der Waals surface area (Å²) in [6, 6.07) is 5.09. The van der Waals surface area contributed by atoms with Gasteiger partial charge in [-0.1, -0.05) is 11.6 Å². The summed E-state index contributed by atoms with van der Waals surface area (Å²) >= 11 is 5.88. The van der Waals surface area contributed by atoms with Crippen molar-refractivity contribution in [2.75, 3.05) is 24.6 Å². The predicted molar refractivity (Wildman–Crippen MR) is 124 cm³/mol. The lowest BCUT2D eigenvalue weighted by Gasteiger charge is -2.33. The van der Waals surface area contributed by atoms with Gasteiger partial charge in [-0.05, 0) is 24.3 Å². The number of halogens is 5. The second kappa shape index (κ2) is 8.86. The number of anilines is 1. The van der Waals surface area contributed by atoms with E-state index in [4.69, 9.17) is 16.3 Å². The van der Waals surface area contributed by atoms with Crippen molar-refractivity contribution in [1.29, 1.82) is 0 Å². The lowest BCUT2D eigenvalue weighted by Crippen LogP contribution is -2.39. The van der Waals surface area contributed by atoms with Crippen LogP contribution >= 0.6 is 11.6 Å². The summed E-state index contributed by atoms with van der Waals surface area (Å²) in [5.74, 6) is -1.93. The second-order valence-electron chi connectivity index (χ2n) is 8.40. The molecule has 1 aliphatic heterocycles. The maximum Gasteiger partial charge on any atom is 0.449 e. The van der Waals surface area contributed by atoms with Crippen LogP contribution < -0.4 is 10.5 Å². The van der Waals surface area contributed by atoms with E-state index in [2.05, 4.69) is 15.1 Å². The third kappa shape index (κ3) is 4.30. The van der Waals surface area contributed by atoms with Gasteiger partial charge in [0.25, 0.3) is 5.56 Å². The Morgan fingerprint density at radius 3 is 2.61 bits per heavy atom. The van der Waals surface area contributed by atoms with E-state index in [0.717, 1.165) is 18.7 Å². The topological polar surface area (TPSA) is 78.1 Å². The molecule has 0 aliphatic carbocycles. The zero-order valence-electron chi connectivity index (χ0n) is 19.1. The Balaban J connectivity index is 1.71. The minimum absolute atomic E-state index is 0.101. The van der Waals surface area contributed by atoms with E-state index in [1.165, 1.54) is 18.2 Å². The van der Waals surface area contributed by atoms with Crippen molar-refractivity contribution in [3.63, 3.8) is 0 Å². The molecule has 0 spiro atoms. The zero-order chi connectivity index (χ0) is 25.8. The number of rotatable bonds is 3. The summed E-state index contributed by atoms with van der Waals surface area (Å²) in [4.78, 5) is 23.1. The minimum atomic E-state index is -4.91. The van der Waals surface area contributed by atoms with Gasteiger partial charge in [-0.3, -0.25) is 14.0 Å². The van der Waals surface area contributed by atoms with E-state index in [9.17, 15) is 22.4 Å². The third-order valence-corrected chi connectivity index (χ3v) is 6.21. The van der Waals surface area contributed by atoms with E-state index in [1.54, 1.807) is 17.9 Å². The minimum Gasteiger partial charge on any atom is -0.370 e. The summed E-state index contributed by atoms with van der Waals surface area (Å²) < 4.78 is 63.8. The molecular formula is C23H19ClF4N6O2. The van der Waals surface area contributed by atoms with E-state index < -0.39 is 23.4 Å². The fourth-order valence-electron chi connectivity index (χ4n) is 4.21. The zero-order valence-corrected chi connectivity index (χ0v) is 19.8. The molecule has 3 aromatic heterocycles. The number of pyridine rings is 1. The van der Waals surface area contributed by atoms with Gasteiger partial charge in [0.2, 0.25) is 5.82 Å². The van der Waals surface area contributed by atoms with Gasteiger partial charge in [0.15, 0.2) is 0 Å². The summed E-state index contributed by atoms with van der Waals surface area (Å²) in [6.07, 6.45) is -1.77. The first-order valence-electron chi connectivity index (χ1n) is 10.8. The van der Waals surface area contributed by atoms with Crippen LogP contribution in [0.1, 0.15) is 17.5 Å². The monoisotopic (exact) mass is 522 g/mol. The molecule has 1 saturated heterocycles. The predicted octanol–water partition coefficient (Wildman–Crippen LogP) is 4.12. The van der Waals surface area contributed by atoms with Crippen molar-refractivity contribution < 1.29 is 22.3 Å². The van der Waals surface area contributed by atoms with Crippen LogP contribution in [-0.2, 0) is 25.0 Å². The van der Waals surface area contributed by atoms with Gasteiger partial charge in [0, 0.05) is 49.5 Å². The van der Waals surface area contributed by atoms with Crippen LogP contribution in [-0.4, -0.2) is 44.0 Å². The van der Waals surface area contributed by atoms with Crippen molar-refractivity contribution in [3.8, 4) is 11.3 Å². The second-order valence-corrected chi connectivity index (χ2v) is 8.84. The van der Waals surface area contributed by atoms with Crippen molar-refractivity contribution in [2.45, 2.75) is 12.3 Å². The van der Waals surface area contributed by atoms with Crippen LogP contribution in [0.15, 0.2) is 41.5 Å². The number of hydrogen-bond donors (Lipinski definition) is 0. The molecule has 0 saturated carbocycles. The molecular weight excluding hydrogens is 504 g/mol. The first kappa shape index (κ1) is 24.2. The van der Waals surface area contributed by atoms with Crippen LogP contribution in [0, 0.1) is 5.82 Å². The van der Waals surface area contributed by atoms with Gasteiger partial charge in [-0.2, -0.15) is 18.3 Å². The molecule has 0 N–H and O–H groups in total. The number of morpholine rings is 1. The first-order valence-corrected chi connectivity index (χ1v) is 11.2. The number of fused-ring (bicyclic) bond motifs is 1. The molecule has 1 atom stereocenters. The van der Waals surface area contributed by atoms with Gasteiger partial charge in [-0.25, -0.2) is 14.4 Å². The van der Waals surface area contributed by atoms with Crippen molar-refractivity contribution in [2.24, 2.45) is 14.1 Å². The summed E-state index contributed by atoms with van der Waals surface area (Å²) in [5, 5.41) is 4.14. The maximum atomic E-state index is 14.9. The Kier molecular flexibility index (Phi) is 5.95. The Labute approximate surface area is 206 Å². The number of hydrogen-bond acceptors (Lipinski definition) is 6. The van der Waals surface area contributed by atoms with E-state index in [-0.39, 0.29) is 39.1 Å². The highest BCUT2D eigenvalue weighted by Gasteiger charge is 2.37. The molecule has 4 heterocycles. The number of alkyl halides is 3. The summed E-state index contributed by atoms with van der Waals surface area (Å²) in [7, 11) is 2.77. The summed E-state index contributed by atoms with van der Waals surface area (Å²) in [5.41, 5.74) is -0.767. The molecule has 0 amide bonds. The Morgan fingerprint density at radius 1 is 1.17 bits per heavy atom. The number of aryl methyl sites for hydroxylation is 1. The van der Waals surface area contributed by atoms with Crippen LogP contribution in [0.4, 0.5) is 23.4 Å². The van der Waals surface area contributed by atoms with Crippen LogP contribution in [0.2, 0.25) is 5.02 Å². The molecule has 36 heavy (non-hydrogen) atoms. The quantitative estimate of drug-likeness (QED) is 0.377.